The van der Waals surface area contributed by atoms with Crippen LogP contribution in [0.1, 0.15) is 23.1 Å². The zero-order valence-corrected chi connectivity index (χ0v) is 14.0. The van der Waals surface area contributed by atoms with Crippen LogP contribution in [0.15, 0.2) is 42.5 Å². The molecule has 0 unspecified atom stereocenters. The first-order valence-corrected chi connectivity index (χ1v) is 7.79. The van der Waals surface area contributed by atoms with Gasteiger partial charge in [0, 0.05) is 30.8 Å². The molecule has 0 atom stereocenters. The van der Waals surface area contributed by atoms with Crippen LogP contribution in [0.3, 0.4) is 0 Å². The first-order valence-electron chi connectivity index (χ1n) is 7.79. The van der Waals surface area contributed by atoms with Crippen molar-refractivity contribution in [2.24, 2.45) is 0 Å². The minimum Gasteiger partial charge on any atom is -0.496 e. The second-order valence-electron chi connectivity index (χ2n) is 5.64. The quantitative estimate of drug-likeness (QED) is 0.823. The van der Waals surface area contributed by atoms with Gasteiger partial charge in [0.2, 0.25) is 5.91 Å². The topological polar surface area (TPSA) is 50.4 Å². The molecule has 2 aromatic rings. The smallest absolute Gasteiger partial charge is 0.222 e. The van der Waals surface area contributed by atoms with Gasteiger partial charge in [0.05, 0.1) is 7.11 Å². The number of rotatable bonds is 7. The number of nitrogens with one attached hydrogen (secondary N) is 2. The van der Waals surface area contributed by atoms with Crippen LogP contribution in [0.2, 0.25) is 0 Å². The van der Waals surface area contributed by atoms with Crippen molar-refractivity contribution in [1.82, 2.24) is 5.32 Å². The molecule has 23 heavy (non-hydrogen) atoms. The van der Waals surface area contributed by atoms with Crippen LogP contribution in [-0.2, 0) is 11.3 Å². The Kier molecular flexibility index (Phi) is 6.03. The fraction of sp³-hybridized carbons (Fsp3) is 0.316. The Hall–Kier alpha value is -2.49. The van der Waals surface area contributed by atoms with Crippen molar-refractivity contribution in [3.63, 3.8) is 0 Å². The lowest BCUT2D eigenvalue weighted by molar-refractivity contribution is -0.121. The molecule has 0 aliphatic carbocycles. The van der Waals surface area contributed by atoms with Gasteiger partial charge < -0.3 is 15.4 Å². The monoisotopic (exact) mass is 312 g/mol. The Bertz CT molecular complexity index is 648. The van der Waals surface area contributed by atoms with E-state index in [1.807, 2.05) is 24.3 Å². The van der Waals surface area contributed by atoms with Gasteiger partial charge in [-0.1, -0.05) is 24.3 Å². The number of carbonyl (C=O) groups excluding carboxylic acids is 1. The molecule has 0 saturated carbocycles. The highest BCUT2D eigenvalue weighted by molar-refractivity contribution is 5.76. The molecule has 2 rings (SSSR count). The van der Waals surface area contributed by atoms with Crippen molar-refractivity contribution >= 4 is 11.6 Å². The van der Waals surface area contributed by atoms with E-state index in [0.29, 0.717) is 19.5 Å². The summed E-state index contributed by atoms with van der Waals surface area (Å²) in [6.07, 6.45) is 0.433. The van der Waals surface area contributed by atoms with Crippen molar-refractivity contribution < 1.29 is 9.53 Å². The molecule has 0 spiro atoms. The maximum atomic E-state index is 11.9. The first kappa shape index (κ1) is 16.9. The average molecular weight is 312 g/mol. The van der Waals surface area contributed by atoms with E-state index in [1.165, 1.54) is 11.1 Å². The lowest BCUT2D eigenvalue weighted by Crippen LogP contribution is -2.25. The molecule has 4 nitrogen and oxygen atoms in total. The van der Waals surface area contributed by atoms with E-state index >= 15 is 0 Å². The molecule has 0 fully saturated rings. The van der Waals surface area contributed by atoms with E-state index in [0.717, 1.165) is 17.0 Å². The van der Waals surface area contributed by atoms with Gasteiger partial charge in [-0.3, -0.25) is 4.79 Å². The van der Waals surface area contributed by atoms with E-state index in [9.17, 15) is 4.79 Å². The highest BCUT2D eigenvalue weighted by atomic mass is 16.5. The summed E-state index contributed by atoms with van der Waals surface area (Å²) in [6, 6.07) is 14.0. The highest BCUT2D eigenvalue weighted by Crippen LogP contribution is 2.16. The minimum absolute atomic E-state index is 0.0211. The fourth-order valence-corrected chi connectivity index (χ4v) is 2.53. The number of para-hydroxylation sites is 1. The molecular formula is C19H24N2O2. The van der Waals surface area contributed by atoms with E-state index in [1.54, 1.807) is 7.11 Å². The summed E-state index contributed by atoms with van der Waals surface area (Å²) >= 11 is 0. The Morgan fingerprint density at radius 3 is 2.48 bits per heavy atom. The summed E-state index contributed by atoms with van der Waals surface area (Å²) in [5, 5.41) is 6.22. The first-order chi connectivity index (χ1) is 11.1. The third-order valence-electron chi connectivity index (χ3n) is 3.57. The van der Waals surface area contributed by atoms with Crippen molar-refractivity contribution in [2.75, 3.05) is 19.0 Å². The number of benzene rings is 2. The number of carbonyl (C=O) groups is 1. The molecule has 1 amide bonds. The normalized spacial score (nSPS) is 10.2. The van der Waals surface area contributed by atoms with E-state index in [2.05, 4.69) is 42.7 Å². The van der Waals surface area contributed by atoms with E-state index in [-0.39, 0.29) is 5.91 Å². The van der Waals surface area contributed by atoms with Crippen LogP contribution in [0.5, 0.6) is 5.75 Å². The number of ether oxygens (including phenoxy) is 1. The lowest BCUT2D eigenvalue weighted by Gasteiger charge is -2.11. The van der Waals surface area contributed by atoms with Crippen molar-refractivity contribution in [1.29, 1.82) is 0 Å². The molecule has 2 N–H and O–H groups in total. The lowest BCUT2D eigenvalue weighted by atomic mass is 10.1. The summed E-state index contributed by atoms with van der Waals surface area (Å²) in [7, 11) is 1.63. The number of anilines is 1. The zero-order chi connectivity index (χ0) is 16.7. The van der Waals surface area contributed by atoms with Crippen molar-refractivity contribution in [2.45, 2.75) is 26.8 Å². The number of hydrogen-bond donors (Lipinski definition) is 2. The molecule has 0 heterocycles. The van der Waals surface area contributed by atoms with Crippen molar-refractivity contribution in [3.05, 3.63) is 59.2 Å². The Labute approximate surface area is 137 Å². The molecule has 0 saturated heterocycles. The summed E-state index contributed by atoms with van der Waals surface area (Å²) in [5.41, 5.74) is 4.46. The molecule has 0 aliphatic rings. The van der Waals surface area contributed by atoms with Crippen LogP contribution in [0.25, 0.3) is 0 Å². The number of amides is 1. The molecular weight excluding hydrogens is 288 g/mol. The number of aryl methyl sites for hydroxylation is 2. The average Bonchev–Trinajstić information content (AvgIpc) is 2.52. The van der Waals surface area contributed by atoms with E-state index < -0.39 is 0 Å². The second kappa shape index (κ2) is 8.22. The molecule has 122 valence electrons. The van der Waals surface area contributed by atoms with Crippen LogP contribution < -0.4 is 15.4 Å². The van der Waals surface area contributed by atoms with Crippen LogP contribution in [0.4, 0.5) is 5.69 Å². The molecule has 0 aromatic heterocycles. The molecule has 0 bridgehead atoms. The standard InChI is InChI=1S/C19H24N2O2/c1-14-10-15(2)12-17(11-14)20-9-8-19(22)21-13-16-6-4-5-7-18(16)23-3/h4-7,10-12,20H,8-9,13H2,1-3H3,(H,21,22). The molecule has 2 aromatic carbocycles. The van der Waals surface area contributed by atoms with Crippen LogP contribution in [-0.4, -0.2) is 19.6 Å². The number of hydrogen-bond acceptors (Lipinski definition) is 3. The van der Waals surface area contributed by atoms with Gasteiger partial charge in [0.15, 0.2) is 0 Å². The van der Waals surface area contributed by atoms with Crippen LogP contribution >= 0.6 is 0 Å². The summed E-state index contributed by atoms with van der Waals surface area (Å²) in [5.74, 6) is 0.814. The SMILES string of the molecule is COc1ccccc1CNC(=O)CCNc1cc(C)cc(C)c1. The minimum atomic E-state index is 0.0211. The summed E-state index contributed by atoms with van der Waals surface area (Å²) < 4.78 is 5.28. The van der Waals surface area contributed by atoms with Crippen molar-refractivity contribution in [3.8, 4) is 5.75 Å². The maximum Gasteiger partial charge on any atom is 0.222 e. The third kappa shape index (κ3) is 5.33. The Morgan fingerprint density at radius 1 is 1.09 bits per heavy atom. The van der Waals surface area contributed by atoms with Gasteiger partial charge in [0.25, 0.3) is 0 Å². The van der Waals surface area contributed by atoms with Gasteiger partial charge in [-0.25, -0.2) is 0 Å². The van der Waals surface area contributed by atoms with Gasteiger partial charge in [0.1, 0.15) is 5.75 Å². The zero-order valence-electron chi connectivity index (χ0n) is 14.0. The molecule has 0 aliphatic heterocycles. The molecule has 4 heteroatoms. The van der Waals surface area contributed by atoms with Gasteiger partial charge in [-0.05, 0) is 43.2 Å². The predicted octanol–water partition coefficient (Wildman–Crippen LogP) is 3.43. The fourth-order valence-electron chi connectivity index (χ4n) is 2.53. The van der Waals surface area contributed by atoms with Crippen LogP contribution in [0, 0.1) is 13.8 Å². The molecule has 0 radical (unpaired) electrons. The summed E-state index contributed by atoms with van der Waals surface area (Å²) in [6.45, 7) is 5.23. The number of methoxy groups -OCH3 is 1. The second-order valence-corrected chi connectivity index (χ2v) is 5.64. The van der Waals surface area contributed by atoms with Gasteiger partial charge >= 0.3 is 0 Å². The Balaban J connectivity index is 1.77. The third-order valence-corrected chi connectivity index (χ3v) is 3.57. The largest absolute Gasteiger partial charge is 0.496 e. The predicted molar refractivity (Wildman–Crippen MR) is 93.9 cm³/mol. The highest BCUT2D eigenvalue weighted by Gasteiger charge is 2.05. The van der Waals surface area contributed by atoms with Gasteiger partial charge in [-0.2, -0.15) is 0 Å². The maximum absolute atomic E-state index is 11.9. The van der Waals surface area contributed by atoms with Gasteiger partial charge in [-0.15, -0.1) is 0 Å². The Morgan fingerprint density at radius 2 is 1.78 bits per heavy atom. The van der Waals surface area contributed by atoms with E-state index in [4.69, 9.17) is 4.74 Å². The summed E-state index contributed by atoms with van der Waals surface area (Å²) in [4.78, 5) is 11.9.